The number of hydrogen-bond donors (Lipinski definition) is 2. The van der Waals surface area contributed by atoms with Crippen LogP contribution in [-0.4, -0.2) is 48.7 Å². The average Bonchev–Trinajstić information content (AvgIpc) is 3.01. The molecule has 0 bridgehead atoms. The molecule has 1 aromatic rings. The van der Waals surface area contributed by atoms with Crippen molar-refractivity contribution in [2.24, 2.45) is 0 Å². The standard InChI is InChI=1S/C17H25ClN2O3/c1-4-11-9-13(18)16(23-3)14(15(11)21)17(22)19-10-12-7-6-8-20(12)5-2/h9,12,21H,4-8,10H2,1-3H3,(H,19,22)/t12-/m0/s1/i3-1. The van der Waals surface area contributed by atoms with Crippen molar-refractivity contribution in [3.05, 3.63) is 22.2 Å². The highest BCUT2D eigenvalue weighted by molar-refractivity contribution is 6.33. The van der Waals surface area contributed by atoms with E-state index < -0.39 is 0 Å². The van der Waals surface area contributed by atoms with Crippen molar-refractivity contribution in [3.8, 4) is 11.5 Å². The number of rotatable bonds is 6. The third kappa shape index (κ3) is 3.72. The fraction of sp³-hybridized carbons (Fsp3) is 0.588. The highest BCUT2D eigenvalue weighted by atomic mass is 35.5. The van der Waals surface area contributed by atoms with Gasteiger partial charge in [-0.3, -0.25) is 9.69 Å². The van der Waals surface area contributed by atoms with Crippen molar-refractivity contribution < 1.29 is 14.6 Å². The van der Waals surface area contributed by atoms with Crippen LogP contribution >= 0.6 is 11.6 Å². The molecule has 1 saturated heterocycles. The van der Waals surface area contributed by atoms with E-state index in [1.807, 2.05) is 6.92 Å². The molecule has 0 aromatic heterocycles. The number of benzene rings is 1. The maximum absolute atomic E-state index is 12.6. The summed E-state index contributed by atoms with van der Waals surface area (Å²) >= 11 is 6.18. The monoisotopic (exact) mass is 339 g/mol. The molecule has 6 heteroatoms. The number of likely N-dealkylation sites (tertiary alicyclic amines) is 1. The Bertz CT molecular complexity index is 577. The number of aryl methyl sites for hydroxylation is 1. The molecule has 0 aliphatic carbocycles. The summed E-state index contributed by atoms with van der Waals surface area (Å²) in [4.78, 5) is 14.9. The average molecular weight is 340 g/mol. The van der Waals surface area contributed by atoms with Crippen LogP contribution in [0.5, 0.6) is 11.5 Å². The minimum Gasteiger partial charge on any atom is -0.507 e. The summed E-state index contributed by atoms with van der Waals surface area (Å²) in [5, 5.41) is 13.6. The zero-order valence-corrected chi connectivity index (χ0v) is 14.7. The summed E-state index contributed by atoms with van der Waals surface area (Å²) in [6.07, 6.45) is 2.81. The Morgan fingerprint density at radius 2 is 2.26 bits per heavy atom. The Morgan fingerprint density at radius 1 is 1.52 bits per heavy atom. The number of carbonyl (C=O) groups is 1. The second-order valence-electron chi connectivity index (χ2n) is 5.76. The number of aromatic hydroxyl groups is 1. The molecule has 5 nitrogen and oxygen atoms in total. The van der Waals surface area contributed by atoms with Crippen LogP contribution in [0.1, 0.15) is 42.6 Å². The van der Waals surface area contributed by atoms with E-state index in [-0.39, 0.29) is 23.0 Å². The first-order chi connectivity index (χ1) is 11.0. The fourth-order valence-corrected chi connectivity index (χ4v) is 3.50. The normalized spacial score (nSPS) is 18.2. The van der Waals surface area contributed by atoms with Crippen molar-refractivity contribution >= 4 is 17.5 Å². The Morgan fingerprint density at radius 3 is 2.87 bits per heavy atom. The van der Waals surface area contributed by atoms with Gasteiger partial charge in [0.25, 0.3) is 5.91 Å². The van der Waals surface area contributed by atoms with Crippen LogP contribution in [0.15, 0.2) is 6.07 Å². The largest absolute Gasteiger partial charge is 0.507 e. The fourth-order valence-electron chi connectivity index (χ4n) is 3.20. The second-order valence-corrected chi connectivity index (χ2v) is 6.17. The Balaban J connectivity index is 2.19. The van der Waals surface area contributed by atoms with Gasteiger partial charge in [-0.05, 0) is 44.0 Å². The number of halogens is 1. The van der Waals surface area contributed by atoms with Gasteiger partial charge < -0.3 is 15.2 Å². The predicted molar refractivity (Wildman–Crippen MR) is 91.6 cm³/mol. The molecule has 1 atom stereocenters. The maximum Gasteiger partial charge on any atom is 0.258 e. The first kappa shape index (κ1) is 17.9. The highest BCUT2D eigenvalue weighted by Gasteiger charge is 2.26. The number of nitrogens with one attached hydrogen (secondary N) is 1. The zero-order chi connectivity index (χ0) is 17.0. The quantitative estimate of drug-likeness (QED) is 0.836. The number of nitrogens with zero attached hydrogens (tertiary/aromatic N) is 1. The summed E-state index contributed by atoms with van der Waals surface area (Å²) in [5.41, 5.74) is 0.759. The Labute approximate surface area is 142 Å². The molecule has 2 rings (SSSR count). The third-order valence-corrected chi connectivity index (χ3v) is 4.78. The Hall–Kier alpha value is -1.46. The minimum absolute atomic E-state index is 0.0509. The van der Waals surface area contributed by atoms with E-state index in [4.69, 9.17) is 16.3 Å². The first-order valence-electron chi connectivity index (χ1n) is 8.13. The second kappa shape index (κ2) is 7.88. The van der Waals surface area contributed by atoms with E-state index in [2.05, 4.69) is 17.1 Å². The highest BCUT2D eigenvalue weighted by Crippen LogP contribution is 2.38. The topological polar surface area (TPSA) is 61.8 Å². The van der Waals surface area contributed by atoms with Crippen LogP contribution in [0.2, 0.25) is 5.02 Å². The smallest absolute Gasteiger partial charge is 0.258 e. The molecule has 1 fully saturated rings. The van der Waals surface area contributed by atoms with Gasteiger partial charge in [-0.2, -0.15) is 0 Å². The lowest BCUT2D eigenvalue weighted by molar-refractivity contribution is 0.0935. The molecular weight excluding hydrogens is 315 g/mol. The summed E-state index contributed by atoms with van der Waals surface area (Å²) in [7, 11) is 1.44. The number of phenolic OH excluding ortho intramolecular Hbond substituents is 1. The van der Waals surface area contributed by atoms with Crippen LogP contribution in [0, 0.1) is 0 Å². The zero-order valence-electron chi connectivity index (χ0n) is 14.0. The lowest BCUT2D eigenvalue weighted by Crippen LogP contribution is -2.40. The van der Waals surface area contributed by atoms with E-state index in [1.54, 1.807) is 6.07 Å². The molecule has 0 radical (unpaired) electrons. The van der Waals surface area contributed by atoms with E-state index in [0.29, 0.717) is 29.6 Å². The van der Waals surface area contributed by atoms with Gasteiger partial charge >= 0.3 is 0 Å². The van der Waals surface area contributed by atoms with E-state index >= 15 is 0 Å². The van der Waals surface area contributed by atoms with E-state index in [0.717, 1.165) is 25.9 Å². The lowest BCUT2D eigenvalue weighted by Gasteiger charge is -2.23. The van der Waals surface area contributed by atoms with Crippen molar-refractivity contribution in [1.82, 2.24) is 10.2 Å². The summed E-state index contributed by atoms with van der Waals surface area (Å²) < 4.78 is 5.23. The van der Waals surface area contributed by atoms with Gasteiger partial charge in [0.2, 0.25) is 0 Å². The number of carbonyl (C=O) groups excluding carboxylic acids is 1. The number of phenols is 1. The molecular formula is C17H25ClN2O3. The lowest BCUT2D eigenvalue weighted by atomic mass is 10.0. The van der Waals surface area contributed by atoms with Gasteiger partial charge in [-0.1, -0.05) is 25.4 Å². The van der Waals surface area contributed by atoms with Crippen LogP contribution < -0.4 is 10.1 Å². The number of ether oxygens (including phenoxy) is 1. The molecule has 128 valence electrons. The van der Waals surface area contributed by atoms with Crippen molar-refractivity contribution in [2.75, 3.05) is 26.7 Å². The molecule has 1 aromatic carbocycles. The van der Waals surface area contributed by atoms with Gasteiger partial charge in [-0.15, -0.1) is 0 Å². The van der Waals surface area contributed by atoms with Crippen LogP contribution in [-0.2, 0) is 6.42 Å². The molecule has 1 aliphatic rings. The number of methoxy groups -OCH3 is 1. The van der Waals surface area contributed by atoms with Crippen LogP contribution in [0.4, 0.5) is 0 Å². The van der Waals surface area contributed by atoms with Crippen LogP contribution in [0.25, 0.3) is 0 Å². The molecule has 1 aliphatic heterocycles. The number of amides is 1. The van der Waals surface area contributed by atoms with Crippen molar-refractivity contribution in [2.45, 2.75) is 39.2 Å². The Kier molecular flexibility index (Phi) is 6.13. The SMILES string of the molecule is CCc1cc(Cl)c(O[11CH3])c(C(=O)NC[C@@H]2CCCN2CC)c1O. The molecule has 1 heterocycles. The first-order valence-corrected chi connectivity index (χ1v) is 8.51. The summed E-state index contributed by atoms with van der Waals surface area (Å²) in [5.74, 6) is -0.179. The molecule has 23 heavy (non-hydrogen) atoms. The maximum atomic E-state index is 12.6. The molecule has 1 amide bonds. The van der Waals surface area contributed by atoms with Gasteiger partial charge in [0.05, 0.1) is 12.1 Å². The van der Waals surface area contributed by atoms with E-state index in [9.17, 15) is 9.90 Å². The molecule has 0 saturated carbocycles. The van der Waals surface area contributed by atoms with Gasteiger partial charge in [0.15, 0.2) is 5.75 Å². The van der Waals surface area contributed by atoms with Crippen molar-refractivity contribution in [1.29, 1.82) is 0 Å². The summed E-state index contributed by atoms with van der Waals surface area (Å²) in [6, 6.07) is 1.99. The minimum atomic E-state index is -0.348. The predicted octanol–water partition coefficient (Wildman–Crippen LogP) is 2.83. The molecule has 0 unspecified atom stereocenters. The van der Waals surface area contributed by atoms with Gasteiger partial charge in [-0.25, -0.2) is 0 Å². The van der Waals surface area contributed by atoms with E-state index in [1.165, 1.54) is 7.11 Å². The van der Waals surface area contributed by atoms with Gasteiger partial charge in [0, 0.05) is 12.6 Å². The van der Waals surface area contributed by atoms with Crippen LogP contribution in [0.3, 0.4) is 0 Å². The van der Waals surface area contributed by atoms with Gasteiger partial charge in [0.1, 0.15) is 11.3 Å². The molecule has 2 N–H and O–H groups in total. The molecule has 0 spiro atoms. The number of likely N-dealkylation sites (N-methyl/N-ethyl adjacent to an activating group) is 1. The third-order valence-electron chi connectivity index (χ3n) is 4.50. The van der Waals surface area contributed by atoms with Crippen molar-refractivity contribution in [3.63, 3.8) is 0 Å². The summed E-state index contributed by atoms with van der Waals surface area (Å²) in [6.45, 7) is 6.63. The number of hydrogen-bond acceptors (Lipinski definition) is 4.